The van der Waals surface area contributed by atoms with Gasteiger partial charge in [-0.15, -0.1) is 0 Å². The second-order valence-corrected chi connectivity index (χ2v) is 17.6. The maximum atomic E-state index is 2.45. The summed E-state index contributed by atoms with van der Waals surface area (Å²) in [5, 5.41) is 4.94. The van der Waals surface area contributed by atoms with Crippen molar-refractivity contribution >= 4 is 60.7 Å². The predicted molar refractivity (Wildman–Crippen MR) is 292 cm³/mol. The van der Waals surface area contributed by atoms with E-state index >= 15 is 0 Å². The molecule has 3 nitrogen and oxygen atoms in total. The topological polar surface area (TPSA) is 13.1 Å². The van der Waals surface area contributed by atoms with Gasteiger partial charge in [0.25, 0.3) is 0 Å². The molecule has 0 spiro atoms. The lowest BCUT2D eigenvalue weighted by molar-refractivity contribution is 1.18. The lowest BCUT2D eigenvalue weighted by Crippen LogP contribution is -2.11. The Morgan fingerprint density at radius 2 is 0.667 bits per heavy atom. The molecule has 324 valence electrons. The zero-order valence-electron chi connectivity index (χ0n) is 37.8. The van der Waals surface area contributed by atoms with Crippen molar-refractivity contribution in [2.24, 2.45) is 0 Å². The highest BCUT2D eigenvalue weighted by molar-refractivity contribution is 6.11. The van der Waals surface area contributed by atoms with Crippen molar-refractivity contribution < 1.29 is 0 Å². The predicted octanol–water partition coefficient (Wildman–Crippen LogP) is 18.0. The minimum Gasteiger partial charge on any atom is -0.310 e. The fourth-order valence-electron chi connectivity index (χ4n) is 10.7. The lowest BCUT2D eigenvalue weighted by atomic mass is 9.88. The minimum absolute atomic E-state index is 1.06. The molecule has 0 saturated heterocycles. The number of aromatic nitrogens is 2. The van der Waals surface area contributed by atoms with E-state index in [9.17, 15) is 0 Å². The summed E-state index contributed by atoms with van der Waals surface area (Å²) in [4.78, 5) is 2.45. The quantitative estimate of drug-likeness (QED) is 0.141. The number of hydrogen-bond donors (Lipinski definition) is 0. The Kier molecular flexibility index (Phi) is 9.84. The standard InChI is InChI=1S/C66H45N3/c1-3-21-46(22-4-1)51-25-7-8-27-53(51)54-28-9-10-29-55(54)56-30-12-17-35-62(56)67(50-43-44-60-59-33-13-18-36-63(59)68(66(60)45-50)48-23-5-2-6-24-48)49-41-39-47(40-42-49)52-26-11-16-34-61(52)69-64-37-19-14-31-57(64)58-32-15-20-38-65(58)69/h1-45H. The number of hydrogen-bond acceptors (Lipinski definition) is 1. The molecule has 0 fully saturated rings. The summed E-state index contributed by atoms with van der Waals surface area (Å²) in [6.45, 7) is 0. The second-order valence-electron chi connectivity index (χ2n) is 17.6. The molecule has 3 heteroatoms. The monoisotopic (exact) mass is 879 g/mol. The highest BCUT2D eigenvalue weighted by Crippen LogP contribution is 2.47. The van der Waals surface area contributed by atoms with Gasteiger partial charge in [-0.1, -0.05) is 206 Å². The van der Waals surface area contributed by atoms with Crippen LogP contribution in [0.3, 0.4) is 0 Å². The Labute approximate surface area is 401 Å². The van der Waals surface area contributed by atoms with Gasteiger partial charge in [0.1, 0.15) is 0 Å². The fourth-order valence-corrected chi connectivity index (χ4v) is 10.7. The van der Waals surface area contributed by atoms with Gasteiger partial charge in [0.05, 0.1) is 33.4 Å². The summed E-state index contributed by atoms with van der Waals surface area (Å²) in [6, 6.07) is 99.2. The van der Waals surface area contributed by atoms with Crippen LogP contribution in [-0.2, 0) is 0 Å². The molecular weight excluding hydrogens is 835 g/mol. The molecule has 13 rings (SSSR count). The molecule has 0 aliphatic carbocycles. The first kappa shape index (κ1) is 40.1. The Bertz CT molecular complexity index is 3960. The van der Waals surface area contributed by atoms with E-state index in [2.05, 4.69) is 287 Å². The van der Waals surface area contributed by atoms with E-state index in [-0.39, 0.29) is 0 Å². The molecule has 2 heterocycles. The van der Waals surface area contributed by atoms with Crippen LogP contribution in [0.15, 0.2) is 273 Å². The molecule has 69 heavy (non-hydrogen) atoms. The van der Waals surface area contributed by atoms with Gasteiger partial charge in [-0.05, 0) is 100 Å². The van der Waals surface area contributed by atoms with Gasteiger partial charge < -0.3 is 14.0 Å². The number of fused-ring (bicyclic) bond motifs is 6. The van der Waals surface area contributed by atoms with Crippen molar-refractivity contribution in [3.05, 3.63) is 273 Å². The largest absolute Gasteiger partial charge is 0.310 e. The molecule has 0 aliphatic rings. The van der Waals surface area contributed by atoms with Crippen LogP contribution in [0.4, 0.5) is 17.1 Å². The van der Waals surface area contributed by atoms with Crippen LogP contribution in [0.25, 0.3) is 99.5 Å². The molecule has 0 atom stereocenters. The molecule has 0 aliphatic heterocycles. The van der Waals surface area contributed by atoms with Crippen LogP contribution >= 0.6 is 0 Å². The van der Waals surface area contributed by atoms with Gasteiger partial charge in [0.2, 0.25) is 0 Å². The van der Waals surface area contributed by atoms with E-state index < -0.39 is 0 Å². The summed E-state index contributed by atoms with van der Waals surface area (Å²) in [7, 11) is 0. The maximum Gasteiger partial charge on any atom is 0.0561 e. The van der Waals surface area contributed by atoms with Gasteiger partial charge in [-0.25, -0.2) is 0 Å². The summed E-state index contributed by atoms with van der Waals surface area (Å²) in [6.07, 6.45) is 0. The second kappa shape index (κ2) is 16.9. The first-order valence-corrected chi connectivity index (χ1v) is 23.7. The highest BCUT2D eigenvalue weighted by Gasteiger charge is 2.23. The minimum atomic E-state index is 1.06. The highest BCUT2D eigenvalue weighted by atomic mass is 15.1. The Morgan fingerprint density at radius 3 is 1.30 bits per heavy atom. The number of anilines is 3. The summed E-state index contributed by atoms with van der Waals surface area (Å²) in [5.74, 6) is 0. The third-order valence-corrected chi connectivity index (χ3v) is 13.8. The molecule has 0 radical (unpaired) electrons. The van der Waals surface area contributed by atoms with Gasteiger partial charge in [-0.2, -0.15) is 0 Å². The van der Waals surface area contributed by atoms with Crippen LogP contribution < -0.4 is 4.90 Å². The summed E-state index contributed by atoms with van der Waals surface area (Å²) in [5.41, 5.74) is 19.6. The first-order chi connectivity index (χ1) is 34.3. The van der Waals surface area contributed by atoms with Crippen molar-refractivity contribution in [3.63, 3.8) is 0 Å². The van der Waals surface area contributed by atoms with Crippen LogP contribution in [0.5, 0.6) is 0 Å². The number of para-hydroxylation sites is 6. The number of benzene rings is 11. The van der Waals surface area contributed by atoms with Crippen molar-refractivity contribution in [1.82, 2.24) is 9.13 Å². The molecule has 0 unspecified atom stereocenters. The van der Waals surface area contributed by atoms with Crippen molar-refractivity contribution in [2.75, 3.05) is 4.90 Å². The maximum absolute atomic E-state index is 2.45. The zero-order valence-corrected chi connectivity index (χ0v) is 37.8. The fraction of sp³-hybridized carbons (Fsp3) is 0. The molecule has 2 aromatic heterocycles. The smallest absolute Gasteiger partial charge is 0.0561 e. The van der Waals surface area contributed by atoms with E-state index in [1.54, 1.807) is 0 Å². The Balaban J connectivity index is 1.02. The third-order valence-electron chi connectivity index (χ3n) is 13.8. The normalized spacial score (nSPS) is 11.5. The SMILES string of the molecule is c1ccc(-c2ccccc2-c2ccccc2-c2ccccc2N(c2ccc(-c3ccccc3-n3c4ccccc4c4ccccc43)cc2)c2ccc3c4ccccc4n(-c4ccccc4)c3c2)cc1. The first-order valence-electron chi connectivity index (χ1n) is 23.7. The van der Waals surface area contributed by atoms with E-state index in [0.717, 1.165) is 50.6 Å². The third kappa shape index (κ3) is 6.82. The molecule has 11 aromatic carbocycles. The van der Waals surface area contributed by atoms with E-state index in [1.807, 2.05) is 0 Å². The average molecular weight is 880 g/mol. The van der Waals surface area contributed by atoms with Crippen LogP contribution in [0.2, 0.25) is 0 Å². The molecule has 0 bridgehead atoms. The Hall–Kier alpha value is -9.18. The molecule has 0 saturated carbocycles. The van der Waals surface area contributed by atoms with Crippen molar-refractivity contribution in [2.45, 2.75) is 0 Å². The average Bonchev–Trinajstić information content (AvgIpc) is 3.94. The zero-order chi connectivity index (χ0) is 45.7. The molecule has 0 N–H and O–H groups in total. The molecule has 0 amide bonds. The van der Waals surface area contributed by atoms with E-state index in [1.165, 1.54) is 65.9 Å². The van der Waals surface area contributed by atoms with Crippen LogP contribution in [-0.4, -0.2) is 9.13 Å². The van der Waals surface area contributed by atoms with E-state index in [4.69, 9.17) is 0 Å². The molecule has 13 aromatic rings. The lowest BCUT2D eigenvalue weighted by Gasteiger charge is -2.29. The number of rotatable bonds is 9. The molecular formula is C66H45N3. The van der Waals surface area contributed by atoms with Crippen LogP contribution in [0, 0.1) is 0 Å². The van der Waals surface area contributed by atoms with Gasteiger partial charge >= 0.3 is 0 Å². The Morgan fingerprint density at radius 1 is 0.246 bits per heavy atom. The van der Waals surface area contributed by atoms with E-state index in [0.29, 0.717) is 0 Å². The van der Waals surface area contributed by atoms with Gasteiger partial charge in [-0.3, -0.25) is 0 Å². The summed E-state index contributed by atoms with van der Waals surface area (Å²) < 4.78 is 4.83. The van der Waals surface area contributed by atoms with Crippen molar-refractivity contribution in [1.29, 1.82) is 0 Å². The van der Waals surface area contributed by atoms with Gasteiger partial charge in [0, 0.05) is 49.7 Å². The van der Waals surface area contributed by atoms with Gasteiger partial charge in [0.15, 0.2) is 0 Å². The van der Waals surface area contributed by atoms with Crippen LogP contribution in [0.1, 0.15) is 0 Å². The summed E-state index contributed by atoms with van der Waals surface area (Å²) >= 11 is 0. The van der Waals surface area contributed by atoms with Crippen molar-refractivity contribution in [3.8, 4) is 55.9 Å². The number of nitrogens with zero attached hydrogens (tertiary/aromatic N) is 3.